The molecule has 1 amide bonds. The minimum Gasteiger partial charge on any atom is -0.368 e. The summed E-state index contributed by atoms with van der Waals surface area (Å²) in [5.41, 5.74) is 3.50. The third-order valence-corrected chi connectivity index (χ3v) is 4.06. The van der Waals surface area contributed by atoms with Crippen molar-refractivity contribution in [2.45, 2.75) is 33.6 Å². The number of nitrogens with zero attached hydrogens (tertiary/aromatic N) is 2. The number of hydrogen-bond donors (Lipinski definition) is 0. The lowest BCUT2D eigenvalue weighted by atomic mass is 9.92. The Bertz CT molecular complexity index is 516. The third kappa shape index (κ3) is 2.01. The van der Waals surface area contributed by atoms with Crippen LogP contribution in [0, 0.1) is 5.41 Å². The molecule has 3 rings (SSSR count). The number of amides is 1. The van der Waals surface area contributed by atoms with Crippen molar-refractivity contribution in [3.63, 3.8) is 0 Å². The van der Waals surface area contributed by atoms with Gasteiger partial charge >= 0.3 is 0 Å². The number of carbonyl (C=O) groups is 1. The fraction of sp³-hybridized carbons (Fsp3) is 0.562. The van der Waals surface area contributed by atoms with Crippen molar-refractivity contribution >= 4 is 17.3 Å². The molecule has 0 spiro atoms. The highest BCUT2D eigenvalue weighted by Gasteiger charge is 2.34. The first-order valence-corrected chi connectivity index (χ1v) is 7.17. The van der Waals surface area contributed by atoms with Crippen molar-refractivity contribution in [3.8, 4) is 0 Å². The standard InChI is InChI=1S/C16H22N2O/c1-16(2,3)15(19)18-11-10-17-9-5-7-12-6-4-8-13(18)14(12)17/h4,6,8H,5,7,9-11H2,1-3H3. The second-order valence-electron chi connectivity index (χ2n) is 6.58. The summed E-state index contributed by atoms with van der Waals surface area (Å²) in [6, 6.07) is 6.39. The van der Waals surface area contributed by atoms with Crippen LogP contribution < -0.4 is 9.80 Å². The Balaban J connectivity index is 2.06. The van der Waals surface area contributed by atoms with Crippen LogP contribution in [0.3, 0.4) is 0 Å². The maximum absolute atomic E-state index is 12.6. The minimum atomic E-state index is -0.320. The Morgan fingerprint density at radius 2 is 1.95 bits per heavy atom. The molecule has 19 heavy (non-hydrogen) atoms. The summed E-state index contributed by atoms with van der Waals surface area (Å²) in [6.45, 7) is 8.89. The van der Waals surface area contributed by atoms with Gasteiger partial charge in [-0.1, -0.05) is 32.9 Å². The summed E-state index contributed by atoms with van der Waals surface area (Å²) in [6.07, 6.45) is 2.36. The molecule has 2 heterocycles. The van der Waals surface area contributed by atoms with E-state index < -0.39 is 0 Å². The molecule has 0 unspecified atom stereocenters. The van der Waals surface area contributed by atoms with E-state index in [1.54, 1.807) is 0 Å². The van der Waals surface area contributed by atoms with E-state index in [-0.39, 0.29) is 11.3 Å². The molecule has 0 aliphatic carbocycles. The summed E-state index contributed by atoms with van der Waals surface area (Å²) in [5.74, 6) is 0.228. The normalized spacial score (nSPS) is 18.3. The minimum absolute atomic E-state index is 0.228. The first kappa shape index (κ1) is 12.5. The van der Waals surface area contributed by atoms with Crippen molar-refractivity contribution in [1.82, 2.24) is 0 Å². The SMILES string of the molecule is CC(C)(C)C(=O)N1CCN2CCCc3cccc1c32. The average Bonchev–Trinajstić information content (AvgIpc) is 2.38. The highest BCUT2D eigenvalue weighted by atomic mass is 16.2. The maximum Gasteiger partial charge on any atom is 0.232 e. The monoisotopic (exact) mass is 258 g/mol. The first-order valence-electron chi connectivity index (χ1n) is 7.17. The van der Waals surface area contributed by atoms with Crippen LogP contribution in [0.5, 0.6) is 0 Å². The van der Waals surface area contributed by atoms with Gasteiger partial charge in [0.1, 0.15) is 0 Å². The molecule has 0 atom stereocenters. The van der Waals surface area contributed by atoms with E-state index in [0.29, 0.717) is 0 Å². The van der Waals surface area contributed by atoms with E-state index in [9.17, 15) is 4.79 Å². The van der Waals surface area contributed by atoms with Crippen LogP contribution in [0.1, 0.15) is 32.8 Å². The van der Waals surface area contributed by atoms with E-state index in [0.717, 1.165) is 31.7 Å². The lowest BCUT2D eigenvalue weighted by Crippen LogP contribution is -2.49. The molecule has 102 valence electrons. The molecule has 1 aromatic rings. The molecule has 0 aromatic heterocycles. The van der Waals surface area contributed by atoms with Crippen molar-refractivity contribution < 1.29 is 4.79 Å². The summed E-state index contributed by atoms with van der Waals surface area (Å²) < 4.78 is 0. The fourth-order valence-electron chi connectivity index (χ4n) is 3.12. The zero-order chi connectivity index (χ0) is 13.6. The van der Waals surface area contributed by atoms with Gasteiger partial charge in [-0.2, -0.15) is 0 Å². The zero-order valence-electron chi connectivity index (χ0n) is 12.1. The van der Waals surface area contributed by atoms with Crippen LogP contribution >= 0.6 is 0 Å². The molecule has 0 radical (unpaired) electrons. The summed E-state index contributed by atoms with van der Waals surface area (Å²) >= 11 is 0. The number of carbonyl (C=O) groups excluding carboxylic acids is 1. The molecule has 0 N–H and O–H groups in total. The summed E-state index contributed by atoms with van der Waals surface area (Å²) in [5, 5.41) is 0. The Kier molecular flexibility index (Phi) is 2.80. The van der Waals surface area contributed by atoms with Gasteiger partial charge in [0.05, 0.1) is 11.4 Å². The Hall–Kier alpha value is -1.51. The quantitative estimate of drug-likeness (QED) is 0.714. The maximum atomic E-state index is 12.6. The number of para-hydroxylation sites is 1. The van der Waals surface area contributed by atoms with Gasteiger partial charge in [0.15, 0.2) is 0 Å². The highest BCUT2D eigenvalue weighted by Crippen LogP contribution is 2.40. The largest absolute Gasteiger partial charge is 0.368 e. The van der Waals surface area contributed by atoms with E-state index in [1.807, 2.05) is 25.7 Å². The van der Waals surface area contributed by atoms with E-state index in [1.165, 1.54) is 17.7 Å². The molecular formula is C16H22N2O. The van der Waals surface area contributed by atoms with Crippen LogP contribution in [0.2, 0.25) is 0 Å². The molecule has 2 aliphatic heterocycles. The highest BCUT2D eigenvalue weighted by molar-refractivity contribution is 6.01. The molecule has 0 bridgehead atoms. The second-order valence-corrected chi connectivity index (χ2v) is 6.58. The zero-order valence-corrected chi connectivity index (χ0v) is 12.1. The van der Waals surface area contributed by atoms with Gasteiger partial charge in [-0.25, -0.2) is 0 Å². The third-order valence-electron chi connectivity index (χ3n) is 4.06. The lowest BCUT2D eigenvalue weighted by Gasteiger charge is -2.43. The van der Waals surface area contributed by atoms with Crippen molar-refractivity contribution in [1.29, 1.82) is 0 Å². The number of hydrogen-bond acceptors (Lipinski definition) is 2. The molecule has 3 nitrogen and oxygen atoms in total. The van der Waals surface area contributed by atoms with Gasteiger partial charge in [-0.15, -0.1) is 0 Å². The fourth-order valence-corrected chi connectivity index (χ4v) is 3.12. The van der Waals surface area contributed by atoms with E-state index >= 15 is 0 Å². The molecule has 0 saturated carbocycles. The molecule has 2 aliphatic rings. The molecule has 3 heteroatoms. The van der Waals surface area contributed by atoms with Crippen LogP contribution in [0.15, 0.2) is 18.2 Å². The molecule has 0 saturated heterocycles. The van der Waals surface area contributed by atoms with E-state index in [4.69, 9.17) is 0 Å². The molecule has 0 fully saturated rings. The van der Waals surface area contributed by atoms with Crippen molar-refractivity contribution in [2.75, 3.05) is 29.4 Å². The van der Waals surface area contributed by atoms with E-state index in [2.05, 4.69) is 23.1 Å². The number of aryl methyl sites for hydroxylation is 1. The second kappa shape index (κ2) is 4.26. The van der Waals surface area contributed by atoms with Crippen LogP contribution in [-0.4, -0.2) is 25.5 Å². The predicted octanol–water partition coefficient (Wildman–Crippen LogP) is 2.83. The number of rotatable bonds is 0. The van der Waals surface area contributed by atoms with Gasteiger partial charge in [-0.3, -0.25) is 4.79 Å². The van der Waals surface area contributed by atoms with Gasteiger partial charge < -0.3 is 9.80 Å². The smallest absolute Gasteiger partial charge is 0.232 e. The Morgan fingerprint density at radius 1 is 1.16 bits per heavy atom. The molecular weight excluding hydrogens is 236 g/mol. The van der Waals surface area contributed by atoms with Crippen molar-refractivity contribution in [3.05, 3.63) is 23.8 Å². The van der Waals surface area contributed by atoms with Crippen molar-refractivity contribution in [2.24, 2.45) is 5.41 Å². The summed E-state index contributed by atoms with van der Waals surface area (Å²) in [4.78, 5) is 17.0. The van der Waals surface area contributed by atoms with Gasteiger partial charge in [-0.05, 0) is 24.5 Å². The van der Waals surface area contributed by atoms with Crippen LogP contribution in [0.25, 0.3) is 0 Å². The topological polar surface area (TPSA) is 23.6 Å². The van der Waals surface area contributed by atoms with Gasteiger partial charge in [0, 0.05) is 25.0 Å². The summed E-state index contributed by atoms with van der Waals surface area (Å²) in [7, 11) is 0. The Labute approximate surface area is 115 Å². The van der Waals surface area contributed by atoms with Crippen LogP contribution in [0.4, 0.5) is 11.4 Å². The van der Waals surface area contributed by atoms with Crippen LogP contribution in [-0.2, 0) is 11.2 Å². The first-order chi connectivity index (χ1) is 8.98. The average molecular weight is 258 g/mol. The lowest BCUT2D eigenvalue weighted by molar-refractivity contribution is -0.125. The number of benzene rings is 1. The molecule has 1 aromatic carbocycles. The predicted molar refractivity (Wildman–Crippen MR) is 78.8 cm³/mol. The van der Waals surface area contributed by atoms with Gasteiger partial charge in [0.25, 0.3) is 0 Å². The van der Waals surface area contributed by atoms with Gasteiger partial charge in [0.2, 0.25) is 5.91 Å². The number of anilines is 2. The Morgan fingerprint density at radius 3 is 2.68 bits per heavy atom.